The van der Waals surface area contributed by atoms with Crippen LogP contribution in [0, 0.1) is 5.41 Å². The lowest BCUT2D eigenvalue weighted by molar-refractivity contribution is -0.139. The Kier molecular flexibility index (Phi) is 7.58. The molecule has 0 spiro atoms. The highest BCUT2D eigenvalue weighted by molar-refractivity contribution is 6.02. The number of hydrogen-bond donors (Lipinski definition) is 2. The summed E-state index contributed by atoms with van der Waals surface area (Å²) in [5.74, 6) is -0.458. The molecule has 1 aromatic rings. The molecule has 1 aliphatic heterocycles. The van der Waals surface area contributed by atoms with E-state index in [1.807, 2.05) is 32.0 Å². The third-order valence-corrected chi connectivity index (χ3v) is 4.97. The van der Waals surface area contributed by atoms with E-state index in [0.717, 1.165) is 5.56 Å². The summed E-state index contributed by atoms with van der Waals surface area (Å²) in [5.41, 5.74) is 6.59. The van der Waals surface area contributed by atoms with Crippen LogP contribution in [0.5, 0.6) is 0 Å². The molecule has 1 heterocycles. The lowest BCUT2D eigenvalue weighted by Crippen LogP contribution is -2.41. The van der Waals surface area contributed by atoms with Gasteiger partial charge in [0.2, 0.25) is 17.7 Å². The van der Waals surface area contributed by atoms with Gasteiger partial charge < -0.3 is 11.1 Å². The van der Waals surface area contributed by atoms with E-state index in [1.165, 1.54) is 4.90 Å². The third kappa shape index (κ3) is 4.38. The Bertz CT molecular complexity index is 620. The number of likely N-dealkylation sites (tertiary alicyclic amines) is 1. The fourth-order valence-electron chi connectivity index (χ4n) is 2.96. The van der Waals surface area contributed by atoms with E-state index in [9.17, 15) is 14.4 Å². The molecule has 2 rings (SSSR count). The number of nitrogens with two attached hydrogens (primary N) is 1. The monoisotopic (exact) mass is 367 g/mol. The maximum Gasteiger partial charge on any atom is 0.231 e. The molecular weight excluding hydrogens is 342 g/mol. The SMILES string of the molecule is CCC(CC)(CN)C(=O)Nc1ccccc1CN1C(=O)CCC1=O.Cl. The van der Waals surface area contributed by atoms with Crippen LogP contribution in [0.2, 0.25) is 0 Å². The Labute approximate surface area is 154 Å². The van der Waals surface area contributed by atoms with Crippen molar-refractivity contribution in [1.82, 2.24) is 4.90 Å². The van der Waals surface area contributed by atoms with Crippen LogP contribution in [-0.4, -0.2) is 29.2 Å². The van der Waals surface area contributed by atoms with Crippen LogP contribution in [0.3, 0.4) is 0 Å². The second-order valence-electron chi connectivity index (χ2n) is 6.18. The Hall–Kier alpha value is -1.92. The highest BCUT2D eigenvalue weighted by Crippen LogP contribution is 2.28. The van der Waals surface area contributed by atoms with Gasteiger partial charge in [0.15, 0.2) is 0 Å². The Morgan fingerprint density at radius 2 is 1.72 bits per heavy atom. The second kappa shape index (κ2) is 8.97. The molecule has 0 unspecified atom stereocenters. The fourth-order valence-corrected chi connectivity index (χ4v) is 2.96. The average Bonchev–Trinajstić information content (AvgIpc) is 2.90. The Morgan fingerprint density at radius 3 is 2.24 bits per heavy atom. The number of carbonyl (C=O) groups excluding carboxylic acids is 3. The van der Waals surface area contributed by atoms with E-state index in [1.54, 1.807) is 6.07 Å². The first kappa shape index (κ1) is 21.1. The van der Waals surface area contributed by atoms with Crippen molar-refractivity contribution in [2.45, 2.75) is 46.1 Å². The molecule has 3 N–H and O–H groups in total. The van der Waals surface area contributed by atoms with Crippen LogP contribution in [0.1, 0.15) is 45.1 Å². The maximum atomic E-state index is 12.7. The summed E-state index contributed by atoms with van der Waals surface area (Å²) >= 11 is 0. The first-order chi connectivity index (χ1) is 11.5. The summed E-state index contributed by atoms with van der Waals surface area (Å²) in [7, 11) is 0. The van der Waals surface area contributed by atoms with Gasteiger partial charge in [0.1, 0.15) is 0 Å². The van der Waals surface area contributed by atoms with Gasteiger partial charge in [-0.25, -0.2) is 0 Å². The molecule has 0 radical (unpaired) electrons. The molecule has 25 heavy (non-hydrogen) atoms. The van der Waals surface area contributed by atoms with Crippen molar-refractivity contribution >= 4 is 35.8 Å². The van der Waals surface area contributed by atoms with Gasteiger partial charge in [-0.05, 0) is 24.5 Å². The number of benzene rings is 1. The molecule has 0 aliphatic carbocycles. The fraction of sp³-hybridized carbons (Fsp3) is 0.500. The second-order valence-corrected chi connectivity index (χ2v) is 6.18. The molecule has 1 saturated heterocycles. The van der Waals surface area contributed by atoms with Crippen molar-refractivity contribution in [3.8, 4) is 0 Å². The van der Waals surface area contributed by atoms with Gasteiger partial charge >= 0.3 is 0 Å². The zero-order valence-electron chi connectivity index (χ0n) is 14.7. The third-order valence-electron chi connectivity index (χ3n) is 4.97. The minimum Gasteiger partial charge on any atom is -0.329 e. The van der Waals surface area contributed by atoms with Crippen LogP contribution in [0.4, 0.5) is 5.69 Å². The summed E-state index contributed by atoms with van der Waals surface area (Å²) in [6.45, 7) is 4.35. The van der Waals surface area contributed by atoms with Crippen LogP contribution >= 0.6 is 12.4 Å². The smallest absolute Gasteiger partial charge is 0.231 e. The maximum absolute atomic E-state index is 12.7. The van der Waals surface area contributed by atoms with E-state index in [4.69, 9.17) is 5.73 Å². The van der Waals surface area contributed by atoms with Crippen molar-refractivity contribution in [3.63, 3.8) is 0 Å². The molecule has 1 aromatic carbocycles. The molecule has 3 amide bonds. The average molecular weight is 368 g/mol. The van der Waals surface area contributed by atoms with Crippen LogP contribution in [0.15, 0.2) is 24.3 Å². The molecule has 0 saturated carbocycles. The first-order valence-electron chi connectivity index (χ1n) is 8.40. The first-order valence-corrected chi connectivity index (χ1v) is 8.40. The van der Waals surface area contributed by atoms with Crippen molar-refractivity contribution < 1.29 is 14.4 Å². The number of para-hydroxylation sites is 1. The Morgan fingerprint density at radius 1 is 1.16 bits per heavy atom. The predicted octanol–water partition coefficient (Wildman–Crippen LogP) is 2.46. The molecule has 0 atom stereocenters. The number of hydrogen-bond acceptors (Lipinski definition) is 4. The quantitative estimate of drug-likeness (QED) is 0.724. The zero-order valence-corrected chi connectivity index (χ0v) is 15.5. The lowest BCUT2D eigenvalue weighted by atomic mass is 9.81. The largest absolute Gasteiger partial charge is 0.329 e. The van der Waals surface area contributed by atoms with Gasteiger partial charge in [0.25, 0.3) is 0 Å². The van der Waals surface area contributed by atoms with E-state index in [0.29, 0.717) is 18.5 Å². The summed E-state index contributed by atoms with van der Waals surface area (Å²) in [4.78, 5) is 37.6. The number of nitrogens with one attached hydrogen (secondary N) is 1. The number of imide groups is 1. The lowest BCUT2D eigenvalue weighted by Gasteiger charge is -2.29. The van der Waals surface area contributed by atoms with Gasteiger partial charge in [-0.1, -0.05) is 32.0 Å². The number of rotatable bonds is 7. The van der Waals surface area contributed by atoms with Crippen LogP contribution < -0.4 is 11.1 Å². The molecule has 6 nitrogen and oxygen atoms in total. The number of anilines is 1. The number of nitrogens with zero attached hydrogens (tertiary/aromatic N) is 1. The van der Waals surface area contributed by atoms with Gasteiger partial charge in [0.05, 0.1) is 12.0 Å². The number of amides is 3. The van der Waals surface area contributed by atoms with Crippen molar-refractivity contribution in [3.05, 3.63) is 29.8 Å². The van der Waals surface area contributed by atoms with Crippen molar-refractivity contribution in [2.75, 3.05) is 11.9 Å². The zero-order chi connectivity index (χ0) is 17.7. The standard InChI is InChI=1S/C18H25N3O3.ClH/c1-3-18(4-2,12-19)17(24)20-14-8-6-5-7-13(14)11-21-15(22)9-10-16(21)23;/h5-8H,3-4,9-12,19H2,1-2H3,(H,20,24);1H. The van der Waals surface area contributed by atoms with Crippen molar-refractivity contribution in [1.29, 1.82) is 0 Å². The van der Waals surface area contributed by atoms with Crippen LogP contribution in [-0.2, 0) is 20.9 Å². The molecule has 138 valence electrons. The highest BCUT2D eigenvalue weighted by Gasteiger charge is 2.34. The van der Waals surface area contributed by atoms with Crippen LogP contribution in [0.25, 0.3) is 0 Å². The minimum absolute atomic E-state index is 0. The highest BCUT2D eigenvalue weighted by atomic mass is 35.5. The number of halogens is 1. The summed E-state index contributed by atoms with van der Waals surface area (Å²) in [6.07, 6.45) is 1.82. The van der Waals surface area contributed by atoms with E-state index >= 15 is 0 Å². The topological polar surface area (TPSA) is 92.5 Å². The molecule has 0 aromatic heterocycles. The van der Waals surface area contributed by atoms with E-state index in [-0.39, 0.29) is 56.1 Å². The van der Waals surface area contributed by atoms with E-state index < -0.39 is 5.41 Å². The van der Waals surface area contributed by atoms with Crippen molar-refractivity contribution in [2.24, 2.45) is 11.1 Å². The molecule has 1 fully saturated rings. The predicted molar refractivity (Wildman–Crippen MR) is 99.2 cm³/mol. The normalized spacial score (nSPS) is 14.4. The number of carbonyl (C=O) groups is 3. The Balaban J connectivity index is 0.00000312. The molecule has 7 heteroatoms. The van der Waals surface area contributed by atoms with Gasteiger partial charge in [-0.15, -0.1) is 12.4 Å². The minimum atomic E-state index is -0.605. The van der Waals surface area contributed by atoms with Gasteiger partial charge in [-0.3, -0.25) is 19.3 Å². The summed E-state index contributed by atoms with van der Waals surface area (Å²) < 4.78 is 0. The molecule has 1 aliphatic rings. The summed E-state index contributed by atoms with van der Waals surface area (Å²) in [6, 6.07) is 7.24. The summed E-state index contributed by atoms with van der Waals surface area (Å²) in [5, 5.41) is 2.94. The molecular formula is C18H26ClN3O3. The van der Waals surface area contributed by atoms with Gasteiger partial charge in [-0.2, -0.15) is 0 Å². The van der Waals surface area contributed by atoms with E-state index in [2.05, 4.69) is 5.32 Å². The van der Waals surface area contributed by atoms with Gasteiger partial charge in [0, 0.05) is 25.1 Å². The molecule has 0 bridgehead atoms.